The van der Waals surface area contributed by atoms with E-state index in [2.05, 4.69) is 15.6 Å². The maximum Gasteiger partial charge on any atom is 0.407 e. The van der Waals surface area contributed by atoms with Gasteiger partial charge >= 0.3 is 6.09 Å². The highest BCUT2D eigenvalue weighted by molar-refractivity contribution is 7.99. The fraction of sp³-hybridized carbons (Fsp3) is 0.615. The van der Waals surface area contributed by atoms with Crippen molar-refractivity contribution in [3.63, 3.8) is 0 Å². The predicted octanol–water partition coefficient (Wildman–Crippen LogP) is 2.65. The first-order valence-corrected chi connectivity index (χ1v) is 8.50. The van der Waals surface area contributed by atoms with E-state index < -0.39 is 11.7 Å². The number of aryl methyl sites for hydroxylation is 1. The highest BCUT2D eigenvalue weighted by atomic mass is 32.2. The Labute approximate surface area is 133 Å². The van der Waals surface area contributed by atoms with Crippen LogP contribution in [0.5, 0.6) is 0 Å². The van der Waals surface area contributed by atoms with Crippen molar-refractivity contribution >= 4 is 40.2 Å². The molecular weight excluding hydrogens is 310 g/mol. The smallest absolute Gasteiger partial charge is 0.407 e. The number of nitrogens with one attached hydrogen (secondary N) is 2. The Hall–Kier alpha value is -1.28. The Balaban J connectivity index is 2.08. The number of alkyl carbamates (subject to hydrolysis) is 1. The van der Waals surface area contributed by atoms with Crippen LogP contribution in [0.15, 0.2) is 6.20 Å². The molecule has 2 amide bonds. The molecular formula is C13H21N3O3S2. The summed E-state index contributed by atoms with van der Waals surface area (Å²) in [5, 5.41) is 5.99. The summed E-state index contributed by atoms with van der Waals surface area (Å²) in [6.07, 6.45) is 1.28. The van der Waals surface area contributed by atoms with E-state index in [1.165, 1.54) is 23.1 Å². The molecule has 0 aliphatic carbocycles. The van der Waals surface area contributed by atoms with Crippen molar-refractivity contribution < 1.29 is 14.3 Å². The minimum Gasteiger partial charge on any atom is -0.444 e. The van der Waals surface area contributed by atoms with Crippen LogP contribution in [-0.2, 0) is 9.53 Å². The van der Waals surface area contributed by atoms with Crippen LogP contribution in [0.25, 0.3) is 0 Å². The van der Waals surface area contributed by atoms with Crippen LogP contribution < -0.4 is 10.6 Å². The van der Waals surface area contributed by atoms with Crippen molar-refractivity contribution in [2.75, 3.05) is 23.4 Å². The number of rotatable bonds is 6. The zero-order valence-corrected chi connectivity index (χ0v) is 14.3. The number of aromatic nitrogens is 1. The second kappa shape index (κ2) is 8.23. The average molecular weight is 331 g/mol. The number of nitrogens with zero attached hydrogens (tertiary/aromatic N) is 1. The highest BCUT2D eigenvalue weighted by Crippen LogP contribution is 2.16. The van der Waals surface area contributed by atoms with Gasteiger partial charge in [0.1, 0.15) is 5.60 Å². The Morgan fingerprint density at radius 1 is 1.43 bits per heavy atom. The fourth-order valence-corrected chi connectivity index (χ4v) is 2.60. The summed E-state index contributed by atoms with van der Waals surface area (Å²) >= 11 is 2.88. The second-order valence-electron chi connectivity index (χ2n) is 5.31. The minimum absolute atomic E-state index is 0.0911. The zero-order chi connectivity index (χ0) is 15.9. The molecule has 0 atom stereocenters. The largest absolute Gasteiger partial charge is 0.444 e. The van der Waals surface area contributed by atoms with Crippen LogP contribution >= 0.6 is 23.1 Å². The molecule has 8 heteroatoms. The van der Waals surface area contributed by atoms with Gasteiger partial charge in [0, 0.05) is 23.4 Å². The molecule has 2 N–H and O–H groups in total. The molecule has 0 spiro atoms. The molecule has 0 aliphatic rings. The fourth-order valence-electron chi connectivity index (χ4n) is 1.27. The van der Waals surface area contributed by atoms with Gasteiger partial charge in [-0.3, -0.25) is 4.79 Å². The van der Waals surface area contributed by atoms with E-state index in [4.69, 9.17) is 4.74 Å². The van der Waals surface area contributed by atoms with Crippen LogP contribution in [0.2, 0.25) is 0 Å². The van der Waals surface area contributed by atoms with Crippen molar-refractivity contribution in [2.45, 2.75) is 33.3 Å². The van der Waals surface area contributed by atoms with Gasteiger partial charge < -0.3 is 15.4 Å². The summed E-state index contributed by atoms with van der Waals surface area (Å²) < 4.78 is 5.10. The van der Waals surface area contributed by atoms with Crippen LogP contribution in [0, 0.1) is 6.92 Å². The molecule has 1 aromatic rings. The van der Waals surface area contributed by atoms with E-state index in [0.29, 0.717) is 23.2 Å². The van der Waals surface area contributed by atoms with Gasteiger partial charge in [-0.1, -0.05) is 0 Å². The average Bonchev–Trinajstić information content (AvgIpc) is 2.71. The molecule has 6 nitrogen and oxygen atoms in total. The molecule has 0 saturated heterocycles. The first-order chi connectivity index (χ1) is 9.76. The Morgan fingerprint density at radius 2 is 2.14 bits per heavy atom. The number of hydrogen-bond acceptors (Lipinski definition) is 6. The third-order valence-corrected chi connectivity index (χ3v) is 3.80. The number of thioether (sulfide) groups is 1. The van der Waals surface area contributed by atoms with Gasteiger partial charge in [-0.15, -0.1) is 11.3 Å². The maximum atomic E-state index is 11.6. The number of amides is 2. The number of hydrogen-bond donors (Lipinski definition) is 2. The van der Waals surface area contributed by atoms with Crippen LogP contribution in [0.1, 0.15) is 25.6 Å². The molecule has 1 aromatic heterocycles. The van der Waals surface area contributed by atoms with Gasteiger partial charge in [-0.2, -0.15) is 11.8 Å². The SMILES string of the molecule is Cc1cnc(NC(=O)CSCCNC(=O)OC(C)(C)C)s1. The van der Waals surface area contributed by atoms with Gasteiger partial charge in [0.15, 0.2) is 5.13 Å². The molecule has 0 radical (unpaired) electrons. The van der Waals surface area contributed by atoms with Crippen molar-refractivity contribution in [1.82, 2.24) is 10.3 Å². The van der Waals surface area contributed by atoms with E-state index >= 15 is 0 Å². The molecule has 118 valence electrons. The molecule has 21 heavy (non-hydrogen) atoms. The van der Waals surface area contributed by atoms with E-state index in [0.717, 1.165) is 4.88 Å². The molecule has 0 unspecified atom stereocenters. The van der Waals surface area contributed by atoms with Gasteiger partial charge in [-0.25, -0.2) is 9.78 Å². The number of carbonyl (C=O) groups excluding carboxylic acids is 2. The third-order valence-electron chi connectivity index (χ3n) is 2.02. The summed E-state index contributed by atoms with van der Waals surface area (Å²) in [5.41, 5.74) is -0.497. The first-order valence-electron chi connectivity index (χ1n) is 6.53. The quantitative estimate of drug-likeness (QED) is 0.783. The van der Waals surface area contributed by atoms with Gasteiger partial charge in [0.2, 0.25) is 5.91 Å². The Bertz CT molecular complexity index is 483. The molecule has 0 saturated carbocycles. The van der Waals surface area contributed by atoms with E-state index in [1.807, 2.05) is 27.7 Å². The van der Waals surface area contributed by atoms with Gasteiger partial charge in [-0.05, 0) is 27.7 Å². The van der Waals surface area contributed by atoms with E-state index in [9.17, 15) is 9.59 Å². The normalized spacial score (nSPS) is 11.0. The first kappa shape index (κ1) is 17.8. The zero-order valence-electron chi connectivity index (χ0n) is 12.7. The molecule has 0 bridgehead atoms. The molecule has 0 aromatic carbocycles. The number of anilines is 1. The molecule has 1 rings (SSSR count). The maximum absolute atomic E-state index is 11.6. The standard InChI is InChI=1S/C13H21N3O3S2/c1-9-7-15-11(21-9)16-10(17)8-20-6-5-14-12(18)19-13(2,3)4/h7H,5-6,8H2,1-4H3,(H,14,18)(H,15,16,17). The lowest BCUT2D eigenvalue weighted by Gasteiger charge is -2.19. The number of ether oxygens (including phenoxy) is 1. The van der Waals surface area contributed by atoms with Crippen molar-refractivity contribution in [1.29, 1.82) is 0 Å². The number of thiazole rings is 1. The lowest BCUT2D eigenvalue weighted by atomic mass is 10.2. The van der Waals surface area contributed by atoms with E-state index in [1.54, 1.807) is 6.20 Å². The summed E-state index contributed by atoms with van der Waals surface area (Å²) in [5.74, 6) is 0.879. The van der Waals surface area contributed by atoms with Gasteiger partial charge in [0.25, 0.3) is 0 Å². The van der Waals surface area contributed by atoms with Crippen LogP contribution in [0.4, 0.5) is 9.93 Å². The molecule has 1 heterocycles. The summed E-state index contributed by atoms with van der Waals surface area (Å²) in [6.45, 7) is 7.83. The van der Waals surface area contributed by atoms with Crippen molar-refractivity contribution in [3.8, 4) is 0 Å². The van der Waals surface area contributed by atoms with Crippen LogP contribution in [0.3, 0.4) is 0 Å². The van der Waals surface area contributed by atoms with Gasteiger partial charge in [0.05, 0.1) is 5.75 Å². The summed E-state index contributed by atoms with van der Waals surface area (Å²) in [7, 11) is 0. The monoisotopic (exact) mass is 331 g/mol. The second-order valence-corrected chi connectivity index (χ2v) is 7.65. The topological polar surface area (TPSA) is 80.3 Å². The molecule has 0 aliphatic heterocycles. The van der Waals surface area contributed by atoms with Crippen molar-refractivity contribution in [2.24, 2.45) is 0 Å². The van der Waals surface area contributed by atoms with Crippen LogP contribution in [-0.4, -0.2) is 40.6 Å². The minimum atomic E-state index is -0.497. The summed E-state index contributed by atoms with van der Waals surface area (Å²) in [4.78, 5) is 28.1. The Kier molecular flexibility index (Phi) is 6.97. The highest BCUT2D eigenvalue weighted by Gasteiger charge is 2.15. The van der Waals surface area contributed by atoms with Crippen molar-refractivity contribution in [3.05, 3.63) is 11.1 Å². The lowest BCUT2D eigenvalue weighted by molar-refractivity contribution is -0.113. The predicted molar refractivity (Wildman–Crippen MR) is 87.0 cm³/mol. The lowest BCUT2D eigenvalue weighted by Crippen LogP contribution is -2.33. The number of carbonyl (C=O) groups is 2. The summed E-state index contributed by atoms with van der Waals surface area (Å²) in [6, 6.07) is 0. The third kappa shape index (κ3) is 8.56. The van der Waals surface area contributed by atoms with E-state index in [-0.39, 0.29) is 5.91 Å². The Morgan fingerprint density at radius 3 is 2.71 bits per heavy atom. The molecule has 0 fully saturated rings.